The fraction of sp³-hybridized carbons (Fsp3) is 0.526. The highest BCUT2D eigenvalue weighted by Gasteiger charge is 2.30. The number of hydrogen-bond acceptors (Lipinski definition) is 10. The van der Waals surface area contributed by atoms with Crippen molar-refractivity contribution in [2.24, 2.45) is 10.7 Å². The Labute approximate surface area is 193 Å². The molecular weight excluding hydrogens is 448 g/mol. The summed E-state index contributed by atoms with van der Waals surface area (Å²) in [5.74, 6) is 0.475. The predicted molar refractivity (Wildman–Crippen MR) is 125 cm³/mol. The highest BCUT2D eigenvalue weighted by Crippen LogP contribution is 2.43. The number of carbonyl (C=O) groups is 1. The maximum atomic E-state index is 12.2. The Morgan fingerprint density at radius 3 is 2.56 bits per heavy atom. The number of H-pyrrole nitrogens is 1. The van der Waals surface area contributed by atoms with Gasteiger partial charge in [-0.25, -0.2) is 9.98 Å². The molecule has 0 spiro atoms. The predicted octanol–water partition coefficient (Wildman–Crippen LogP) is 2.87. The van der Waals surface area contributed by atoms with Gasteiger partial charge >= 0.3 is 0 Å². The van der Waals surface area contributed by atoms with E-state index in [1.165, 1.54) is 17.7 Å². The summed E-state index contributed by atoms with van der Waals surface area (Å²) in [4.78, 5) is 23.2. The molecule has 32 heavy (non-hydrogen) atoms. The first-order valence-corrected chi connectivity index (χ1v) is 12.0. The smallest absolute Gasteiger partial charge is 0.232 e. The van der Waals surface area contributed by atoms with Crippen molar-refractivity contribution < 1.29 is 4.79 Å². The summed E-state index contributed by atoms with van der Waals surface area (Å²) in [6.07, 6.45) is 8.85. The number of nitrogens with one attached hydrogen (secondary N) is 3. The molecule has 0 aliphatic heterocycles. The van der Waals surface area contributed by atoms with Crippen molar-refractivity contribution >= 4 is 45.2 Å². The van der Waals surface area contributed by atoms with Crippen LogP contribution in [-0.2, 0) is 11.2 Å². The van der Waals surface area contributed by atoms with Crippen LogP contribution in [0.1, 0.15) is 67.1 Å². The number of aromatic amines is 1. The summed E-state index contributed by atoms with van der Waals surface area (Å²) in [5, 5.41) is 26.5. The van der Waals surface area contributed by atoms with Crippen molar-refractivity contribution in [1.82, 2.24) is 30.4 Å². The Bertz CT molecular complexity index is 1060. The Morgan fingerprint density at radius 2 is 1.91 bits per heavy atom. The Hall–Kier alpha value is -2.93. The van der Waals surface area contributed by atoms with Gasteiger partial charge in [-0.2, -0.15) is 0 Å². The van der Waals surface area contributed by atoms with Gasteiger partial charge in [-0.3, -0.25) is 4.79 Å². The van der Waals surface area contributed by atoms with E-state index in [-0.39, 0.29) is 12.3 Å². The number of nitrogens with zero attached hydrogens (tertiary/aromatic N) is 6. The van der Waals surface area contributed by atoms with E-state index in [1.54, 1.807) is 23.9 Å². The van der Waals surface area contributed by atoms with E-state index < -0.39 is 5.66 Å². The summed E-state index contributed by atoms with van der Waals surface area (Å²) in [6.45, 7) is 3.85. The van der Waals surface area contributed by atoms with Crippen LogP contribution in [0.25, 0.3) is 0 Å². The molecule has 0 radical (unpaired) electrons. The van der Waals surface area contributed by atoms with Crippen LogP contribution in [0.15, 0.2) is 17.5 Å². The fourth-order valence-electron chi connectivity index (χ4n) is 3.74. The first-order valence-electron chi connectivity index (χ1n) is 10.4. The minimum absolute atomic E-state index is 0.144. The van der Waals surface area contributed by atoms with Gasteiger partial charge in [-0.1, -0.05) is 29.1 Å². The van der Waals surface area contributed by atoms with Crippen LogP contribution in [0.5, 0.6) is 0 Å². The zero-order valence-corrected chi connectivity index (χ0v) is 19.5. The third kappa shape index (κ3) is 5.65. The van der Waals surface area contributed by atoms with E-state index in [1.807, 2.05) is 13.8 Å². The van der Waals surface area contributed by atoms with Crippen LogP contribution in [-0.4, -0.2) is 48.3 Å². The van der Waals surface area contributed by atoms with Crippen LogP contribution in [0.3, 0.4) is 0 Å². The van der Waals surface area contributed by atoms with Crippen LogP contribution in [0, 0.1) is 0 Å². The molecule has 170 valence electrons. The second-order valence-corrected chi connectivity index (χ2v) is 10.2. The number of aromatic nitrogens is 6. The van der Waals surface area contributed by atoms with Gasteiger partial charge in [0.1, 0.15) is 15.7 Å². The van der Waals surface area contributed by atoms with Gasteiger partial charge in [0, 0.05) is 23.7 Å². The van der Waals surface area contributed by atoms with E-state index in [9.17, 15) is 4.79 Å². The molecule has 1 amide bonds. The van der Waals surface area contributed by atoms with Crippen LogP contribution in [0.2, 0.25) is 0 Å². The summed E-state index contributed by atoms with van der Waals surface area (Å²) >= 11 is 3.00. The lowest BCUT2D eigenvalue weighted by Gasteiger charge is -2.25. The van der Waals surface area contributed by atoms with Crippen molar-refractivity contribution in [2.45, 2.75) is 63.5 Å². The van der Waals surface area contributed by atoms with Crippen molar-refractivity contribution in [3.8, 4) is 0 Å². The second kappa shape index (κ2) is 9.69. The molecule has 4 rings (SSSR count). The van der Waals surface area contributed by atoms with E-state index in [2.05, 4.69) is 46.0 Å². The molecule has 1 saturated carbocycles. The van der Waals surface area contributed by atoms with E-state index in [0.29, 0.717) is 17.0 Å². The van der Waals surface area contributed by atoms with E-state index >= 15 is 0 Å². The van der Waals surface area contributed by atoms with Gasteiger partial charge in [-0.05, 0) is 33.1 Å². The molecule has 2 atom stereocenters. The molecule has 13 heteroatoms. The SMILES string of the molecule is CC(C)(N=CN)Nc1nnc([C@H]2CCC[C@H](c3nnc(NC(=O)Cc4cnc[nH]4)s3)C2)s1. The lowest BCUT2D eigenvalue weighted by molar-refractivity contribution is -0.115. The number of nitrogens with two attached hydrogens (primary N) is 1. The van der Waals surface area contributed by atoms with Crippen LogP contribution in [0.4, 0.5) is 10.3 Å². The van der Waals surface area contributed by atoms with Gasteiger partial charge in [0.05, 0.1) is 19.1 Å². The minimum atomic E-state index is -0.536. The molecular formula is C19H26N10OS2. The zero-order valence-electron chi connectivity index (χ0n) is 17.9. The highest BCUT2D eigenvalue weighted by atomic mass is 32.1. The Morgan fingerprint density at radius 1 is 1.22 bits per heavy atom. The molecule has 0 bridgehead atoms. The maximum Gasteiger partial charge on any atom is 0.232 e. The van der Waals surface area contributed by atoms with Crippen molar-refractivity contribution in [1.29, 1.82) is 0 Å². The summed E-state index contributed by atoms with van der Waals surface area (Å²) in [6, 6.07) is 0. The summed E-state index contributed by atoms with van der Waals surface area (Å²) in [5.41, 5.74) is 5.64. The van der Waals surface area contributed by atoms with Gasteiger partial charge in [0.25, 0.3) is 0 Å². The molecule has 11 nitrogen and oxygen atoms in total. The molecule has 0 saturated heterocycles. The summed E-state index contributed by atoms with van der Waals surface area (Å²) in [7, 11) is 0. The largest absolute Gasteiger partial charge is 0.390 e. The van der Waals surface area contributed by atoms with Crippen LogP contribution < -0.4 is 16.4 Å². The first kappa shape index (κ1) is 22.3. The average molecular weight is 475 g/mol. The molecule has 3 heterocycles. The first-order chi connectivity index (χ1) is 15.4. The van der Waals surface area contributed by atoms with Crippen molar-refractivity contribution in [3.63, 3.8) is 0 Å². The normalized spacial score (nSPS) is 19.3. The monoisotopic (exact) mass is 474 g/mol. The lowest BCUT2D eigenvalue weighted by Crippen LogP contribution is -2.29. The van der Waals surface area contributed by atoms with Crippen molar-refractivity contribution in [2.75, 3.05) is 10.6 Å². The fourth-order valence-corrected chi connectivity index (χ4v) is 5.69. The van der Waals surface area contributed by atoms with Gasteiger partial charge < -0.3 is 21.4 Å². The number of rotatable bonds is 8. The molecule has 1 fully saturated rings. The molecule has 0 unspecified atom stereocenters. The Kier molecular flexibility index (Phi) is 6.74. The highest BCUT2D eigenvalue weighted by molar-refractivity contribution is 7.15. The molecule has 5 N–H and O–H groups in total. The minimum Gasteiger partial charge on any atom is -0.390 e. The van der Waals surface area contributed by atoms with Crippen LogP contribution >= 0.6 is 22.7 Å². The third-order valence-electron chi connectivity index (χ3n) is 5.22. The molecule has 1 aliphatic rings. The molecule has 0 aromatic carbocycles. The molecule has 3 aromatic heterocycles. The summed E-state index contributed by atoms with van der Waals surface area (Å²) < 4.78 is 0. The quantitative estimate of drug-likeness (QED) is 0.286. The Balaban J connectivity index is 1.36. The second-order valence-electron chi connectivity index (χ2n) is 8.22. The average Bonchev–Trinajstić information content (AvgIpc) is 3.50. The van der Waals surface area contributed by atoms with E-state index in [4.69, 9.17) is 5.73 Å². The number of imidazole rings is 1. The van der Waals surface area contributed by atoms with Gasteiger partial charge in [-0.15, -0.1) is 20.4 Å². The van der Waals surface area contributed by atoms with Crippen molar-refractivity contribution in [3.05, 3.63) is 28.2 Å². The lowest BCUT2D eigenvalue weighted by atomic mass is 9.82. The van der Waals surface area contributed by atoms with Gasteiger partial charge in [0.2, 0.25) is 16.2 Å². The number of anilines is 2. The number of hydrogen-bond donors (Lipinski definition) is 4. The number of carbonyl (C=O) groups excluding carboxylic acids is 1. The molecule has 3 aromatic rings. The molecule has 1 aliphatic carbocycles. The van der Waals surface area contributed by atoms with Gasteiger partial charge in [0.15, 0.2) is 0 Å². The standard InChI is InChI=1S/C19H26N10OS2/c1-19(2,23-9-20)25-18-29-27-16(32-18)12-5-3-4-11(6-12)15-26-28-17(31-15)24-14(30)7-13-8-21-10-22-13/h8-12H,3-7H2,1-2H3,(H2,20,23)(H,21,22)(H,25,29)(H,24,28,30)/t11-,12-/m0/s1. The number of aliphatic imine (C=N–C) groups is 1. The third-order valence-corrected chi connectivity index (χ3v) is 7.22. The zero-order chi connectivity index (χ0) is 22.6. The number of amides is 1. The van der Waals surface area contributed by atoms with E-state index in [0.717, 1.165) is 46.5 Å². The maximum absolute atomic E-state index is 12.2. The topological polar surface area (TPSA) is 160 Å².